The zero-order chi connectivity index (χ0) is 15.0. The number of hydrogen-bond acceptors (Lipinski definition) is 6. The molecule has 6 nitrogen and oxygen atoms in total. The van der Waals surface area contributed by atoms with Gasteiger partial charge in [-0.1, -0.05) is 18.2 Å². The van der Waals surface area contributed by atoms with Crippen molar-refractivity contribution in [2.75, 3.05) is 5.73 Å². The van der Waals surface area contributed by atoms with Gasteiger partial charge in [-0.25, -0.2) is 13.4 Å². The van der Waals surface area contributed by atoms with E-state index >= 15 is 0 Å². The highest BCUT2D eigenvalue weighted by molar-refractivity contribution is 7.90. The van der Waals surface area contributed by atoms with Crippen molar-refractivity contribution < 1.29 is 18.1 Å². The van der Waals surface area contributed by atoms with Crippen molar-refractivity contribution in [3.63, 3.8) is 0 Å². The quantitative estimate of drug-likeness (QED) is 0.765. The molecule has 0 saturated heterocycles. The first kappa shape index (κ1) is 14.1. The second kappa shape index (κ2) is 5.14. The monoisotopic (exact) mass is 304 g/mol. The lowest BCUT2D eigenvalue weighted by atomic mass is 9.79. The van der Waals surface area contributed by atoms with Gasteiger partial charge in [-0.3, -0.25) is 0 Å². The first-order valence-electron chi connectivity index (χ1n) is 6.31. The van der Waals surface area contributed by atoms with Crippen LogP contribution in [0.4, 0.5) is 5.69 Å². The standard InChI is InChI=1S/C13H13BN2O4S/c15-11-3-4-13(16-6-11)21(18,19)8-9-1-2-10-7-20-14(17)12(10)5-9/h1-6,17H,7-8,15H2. The minimum absolute atomic E-state index is 0.0194. The summed E-state index contributed by atoms with van der Waals surface area (Å²) in [5.74, 6) is -0.191. The van der Waals surface area contributed by atoms with Crippen LogP contribution in [0, 0.1) is 0 Å². The average molecular weight is 304 g/mol. The van der Waals surface area contributed by atoms with Gasteiger partial charge in [-0.05, 0) is 28.7 Å². The second-order valence-electron chi connectivity index (χ2n) is 4.89. The molecule has 2 heterocycles. The van der Waals surface area contributed by atoms with E-state index in [1.165, 1.54) is 18.3 Å². The van der Waals surface area contributed by atoms with Crippen molar-refractivity contribution in [3.8, 4) is 0 Å². The van der Waals surface area contributed by atoms with E-state index in [2.05, 4.69) is 4.98 Å². The van der Waals surface area contributed by atoms with Gasteiger partial charge < -0.3 is 15.4 Å². The lowest BCUT2D eigenvalue weighted by Crippen LogP contribution is -2.28. The number of fused-ring (bicyclic) bond motifs is 1. The van der Waals surface area contributed by atoms with Crippen molar-refractivity contribution in [1.82, 2.24) is 4.98 Å². The van der Waals surface area contributed by atoms with E-state index in [0.29, 0.717) is 23.3 Å². The van der Waals surface area contributed by atoms with Crippen molar-refractivity contribution in [2.24, 2.45) is 0 Å². The topological polar surface area (TPSA) is 103 Å². The molecule has 108 valence electrons. The van der Waals surface area contributed by atoms with Crippen molar-refractivity contribution in [2.45, 2.75) is 17.4 Å². The molecule has 0 amide bonds. The molecule has 0 aliphatic carbocycles. The van der Waals surface area contributed by atoms with Crippen molar-refractivity contribution in [3.05, 3.63) is 47.7 Å². The van der Waals surface area contributed by atoms with Gasteiger partial charge >= 0.3 is 7.12 Å². The van der Waals surface area contributed by atoms with Gasteiger partial charge in [0, 0.05) is 0 Å². The highest BCUT2D eigenvalue weighted by atomic mass is 32.2. The molecule has 3 rings (SSSR count). The molecule has 2 aromatic rings. The Labute approximate surface area is 122 Å². The molecule has 0 fully saturated rings. The number of anilines is 1. The first-order chi connectivity index (χ1) is 9.95. The molecule has 21 heavy (non-hydrogen) atoms. The van der Waals surface area contributed by atoms with Gasteiger partial charge in [0.25, 0.3) is 0 Å². The number of nitrogen functional groups attached to an aromatic ring is 1. The maximum absolute atomic E-state index is 12.3. The van der Waals surface area contributed by atoms with Crippen LogP contribution in [0.2, 0.25) is 0 Å². The van der Waals surface area contributed by atoms with Gasteiger partial charge in [0.05, 0.1) is 24.2 Å². The van der Waals surface area contributed by atoms with Crippen LogP contribution in [-0.4, -0.2) is 25.5 Å². The number of aromatic nitrogens is 1. The van der Waals surface area contributed by atoms with E-state index in [0.717, 1.165) is 5.56 Å². The van der Waals surface area contributed by atoms with E-state index in [1.807, 2.05) is 0 Å². The number of sulfone groups is 1. The Morgan fingerprint density at radius 3 is 2.86 bits per heavy atom. The molecule has 0 saturated carbocycles. The van der Waals surface area contributed by atoms with Crippen molar-refractivity contribution in [1.29, 1.82) is 0 Å². The molecule has 8 heteroatoms. The number of pyridine rings is 1. The first-order valence-corrected chi connectivity index (χ1v) is 7.96. The zero-order valence-corrected chi connectivity index (χ0v) is 11.9. The third kappa shape index (κ3) is 2.78. The summed E-state index contributed by atoms with van der Waals surface area (Å²) in [7, 11) is -4.54. The van der Waals surface area contributed by atoms with Crippen LogP contribution in [-0.2, 0) is 26.9 Å². The number of benzene rings is 1. The molecule has 1 aromatic heterocycles. The normalized spacial score (nSPS) is 14.2. The molecule has 0 bridgehead atoms. The molecule has 1 aromatic carbocycles. The molecule has 1 aliphatic heterocycles. The van der Waals surface area contributed by atoms with Gasteiger partial charge in [0.1, 0.15) is 0 Å². The second-order valence-corrected chi connectivity index (χ2v) is 6.82. The Bertz CT molecular complexity index is 777. The van der Waals surface area contributed by atoms with Crippen LogP contribution in [0.15, 0.2) is 41.6 Å². The molecule has 1 aliphatic rings. The summed E-state index contributed by atoms with van der Waals surface area (Å²) < 4.78 is 29.7. The minimum atomic E-state index is -3.55. The summed E-state index contributed by atoms with van der Waals surface area (Å²) in [5.41, 5.74) is 7.98. The van der Waals surface area contributed by atoms with Gasteiger partial charge in [0.15, 0.2) is 14.9 Å². The SMILES string of the molecule is Nc1ccc(S(=O)(=O)Cc2ccc3c(c2)B(O)OC3)nc1. The predicted molar refractivity (Wildman–Crippen MR) is 78.4 cm³/mol. The number of nitrogens with zero attached hydrogens (tertiary/aromatic N) is 1. The summed E-state index contributed by atoms with van der Waals surface area (Å²) in [6, 6.07) is 8.03. The highest BCUT2D eigenvalue weighted by Crippen LogP contribution is 2.17. The minimum Gasteiger partial charge on any atom is -0.423 e. The lowest BCUT2D eigenvalue weighted by Gasteiger charge is -2.06. The van der Waals surface area contributed by atoms with E-state index < -0.39 is 17.0 Å². The number of rotatable bonds is 3. The molecular weight excluding hydrogens is 291 g/mol. The Kier molecular flexibility index (Phi) is 3.44. The summed E-state index contributed by atoms with van der Waals surface area (Å²) >= 11 is 0. The van der Waals surface area contributed by atoms with Crippen LogP contribution >= 0.6 is 0 Å². The third-order valence-electron chi connectivity index (χ3n) is 3.31. The average Bonchev–Trinajstić information content (AvgIpc) is 2.80. The molecule has 0 unspecified atom stereocenters. The van der Waals surface area contributed by atoms with Gasteiger partial charge in [0.2, 0.25) is 0 Å². The Morgan fingerprint density at radius 1 is 1.33 bits per heavy atom. The summed E-state index contributed by atoms with van der Waals surface area (Å²) in [6.45, 7) is 0.336. The smallest absolute Gasteiger partial charge is 0.423 e. The fourth-order valence-electron chi connectivity index (χ4n) is 2.22. The van der Waals surface area contributed by atoms with Crippen LogP contribution in [0.1, 0.15) is 11.1 Å². The van der Waals surface area contributed by atoms with E-state index in [1.54, 1.807) is 18.2 Å². The van der Waals surface area contributed by atoms with Crippen LogP contribution < -0.4 is 11.2 Å². The van der Waals surface area contributed by atoms with Crippen molar-refractivity contribution >= 4 is 28.1 Å². The molecule has 3 N–H and O–H groups in total. The summed E-state index contributed by atoms with van der Waals surface area (Å²) in [4.78, 5) is 3.85. The van der Waals surface area contributed by atoms with Crippen LogP contribution in [0.5, 0.6) is 0 Å². The fourth-order valence-corrected chi connectivity index (χ4v) is 3.48. The third-order valence-corrected chi connectivity index (χ3v) is 4.90. The summed E-state index contributed by atoms with van der Waals surface area (Å²) in [5, 5.41) is 9.63. The largest absolute Gasteiger partial charge is 0.491 e. The lowest BCUT2D eigenvalue weighted by molar-refractivity contribution is 0.275. The molecular formula is C13H13BN2O4S. The van der Waals surface area contributed by atoms with E-state index in [9.17, 15) is 13.4 Å². The Morgan fingerprint density at radius 2 is 2.14 bits per heavy atom. The van der Waals surface area contributed by atoms with Crippen LogP contribution in [0.25, 0.3) is 0 Å². The number of hydrogen-bond donors (Lipinski definition) is 2. The number of nitrogens with two attached hydrogens (primary N) is 1. The maximum Gasteiger partial charge on any atom is 0.491 e. The van der Waals surface area contributed by atoms with E-state index in [-0.39, 0.29) is 10.8 Å². The molecule has 0 radical (unpaired) electrons. The Hall–Kier alpha value is -1.90. The van der Waals surface area contributed by atoms with Gasteiger partial charge in [-0.2, -0.15) is 0 Å². The van der Waals surface area contributed by atoms with E-state index in [4.69, 9.17) is 10.4 Å². The molecule has 0 atom stereocenters. The summed E-state index contributed by atoms with van der Waals surface area (Å²) in [6.07, 6.45) is 1.31. The Balaban J connectivity index is 1.89. The predicted octanol–water partition coefficient (Wildman–Crippen LogP) is -0.145. The molecule has 0 spiro atoms. The van der Waals surface area contributed by atoms with Crippen LogP contribution in [0.3, 0.4) is 0 Å². The zero-order valence-electron chi connectivity index (χ0n) is 11.1. The maximum atomic E-state index is 12.3. The van der Waals surface area contributed by atoms with Gasteiger partial charge in [-0.15, -0.1) is 0 Å². The fraction of sp³-hybridized carbons (Fsp3) is 0.154. The highest BCUT2D eigenvalue weighted by Gasteiger charge is 2.28.